The van der Waals surface area contributed by atoms with Gasteiger partial charge >= 0.3 is 0 Å². The van der Waals surface area contributed by atoms with E-state index in [0.29, 0.717) is 37.6 Å². The smallest absolute Gasteiger partial charge is 0.254 e. The van der Waals surface area contributed by atoms with E-state index in [4.69, 9.17) is 9.47 Å². The van der Waals surface area contributed by atoms with E-state index in [0.717, 1.165) is 12.0 Å². The van der Waals surface area contributed by atoms with Gasteiger partial charge in [0.05, 0.1) is 12.7 Å². The summed E-state index contributed by atoms with van der Waals surface area (Å²) in [6.45, 7) is 5.67. The molecule has 1 aromatic rings. The van der Waals surface area contributed by atoms with Crippen LogP contribution in [0.3, 0.4) is 0 Å². The van der Waals surface area contributed by atoms with Crippen LogP contribution in [0.5, 0.6) is 0 Å². The normalized spacial score (nSPS) is 17.9. The average molecular weight is 320 g/mol. The van der Waals surface area contributed by atoms with E-state index in [1.165, 1.54) is 6.92 Å². The molecule has 1 atom stereocenters. The molecule has 0 aliphatic carbocycles. The zero-order valence-corrected chi connectivity index (χ0v) is 13.9. The minimum absolute atomic E-state index is 0.00240. The highest BCUT2D eigenvalue weighted by atomic mass is 16.5. The summed E-state index contributed by atoms with van der Waals surface area (Å²) >= 11 is 0. The number of amides is 2. The Balaban J connectivity index is 2.05. The van der Waals surface area contributed by atoms with Crippen molar-refractivity contribution in [2.75, 3.05) is 38.7 Å². The molecular formula is C17H24N2O4. The Morgan fingerprint density at radius 1 is 1.43 bits per heavy atom. The number of hydrogen-bond acceptors (Lipinski definition) is 4. The fourth-order valence-electron chi connectivity index (χ4n) is 2.68. The van der Waals surface area contributed by atoms with E-state index in [-0.39, 0.29) is 17.9 Å². The van der Waals surface area contributed by atoms with Gasteiger partial charge in [-0.25, -0.2) is 0 Å². The minimum Gasteiger partial charge on any atom is -0.385 e. The number of nitrogens with one attached hydrogen (secondary N) is 1. The number of ether oxygens (including phenoxy) is 2. The van der Waals surface area contributed by atoms with Gasteiger partial charge in [0.25, 0.3) is 5.91 Å². The Hall–Kier alpha value is -1.92. The maximum absolute atomic E-state index is 12.7. The van der Waals surface area contributed by atoms with Crippen molar-refractivity contribution in [3.05, 3.63) is 29.3 Å². The number of hydrogen-bond donors (Lipinski definition) is 1. The molecule has 126 valence electrons. The Morgan fingerprint density at radius 3 is 2.87 bits per heavy atom. The molecule has 1 saturated heterocycles. The molecule has 0 radical (unpaired) electrons. The number of anilines is 1. The topological polar surface area (TPSA) is 67.9 Å². The minimum atomic E-state index is -0.127. The van der Waals surface area contributed by atoms with Crippen LogP contribution in [0.1, 0.15) is 29.3 Å². The number of rotatable bonds is 5. The molecule has 0 saturated carbocycles. The number of morpholine rings is 1. The van der Waals surface area contributed by atoms with Crippen molar-refractivity contribution < 1.29 is 19.1 Å². The van der Waals surface area contributed by atoms with Crippen LogP contribution in [0.2, 0.25) is 0 Å². The molecule has 1 aromatic carbocycles. The molecule has 1 fully saturated rings. The summed E-state index contributed by atoms with van der Waals surface area (Å²) in [5.41, 5.74) is 2.21. The van der Waals surface area contributed by atoms with Crippen LogP contribution in [-0.2, 0) is 14.3 Å². The van der Waals surface area contributed by atoms with Crippen molar-refractivity contribution in [3.63, 3.8) is 0 Å². The highest BCUT2D eigenvalue weighted by Gasteiger charge is 2.25. The summed E-state index contributed by atoms with van der Waals surface area (Å²) in [5.74, 6) is -0.125. The van der Waals surface area contributed by atoms with Crippen LogP contribution in [0.15, 0.2) is 18.2 Å². The van der Waals surface area contributed by atoms with Gasteiger partial charge in [0.15, 0.2) is 0 Å². The van der Waals surface area contributed by atoms with Gasteiger partial charge in [-0.3, -0.25) is 9.59 Å². The van der Waals surface area contributed by atoms with Crippen molar-refractivity contribution in [1.82, 2.24) is 4.90 Å². The van der Waals surface area contributed by atoms with E-state index in [2.05, 4.69) is 5.32 Å². The van der Waals surface area contributed by atoms with Crippen LogP contribution in [-0.4, -0.2) is 56.2 Å². The number of nitrogens with zero attached hydrogens (tertiary/aromatic N) is 1. The average Bonchev–Trinajstić information content (AvgIpc) is 2.52. The van der Waals surface area contributed by atoms with Crippen LogP contribution in [0.25, 0.3) is 0 Å². The lowest BCUT2D eigenvalue weighted by molar-refractivity contribution is -0.114. The molecule has 1 N–H and O–H groups in total. The molecule has 2 rings (SSSR count). The second kappa shape index (κ2) is 8.08. The van der Waals surface area contributed by atoms with Crippen molar-refractivity contribution in [1.29, 1.82) is 0 Å². The molecule has 6 heteroatoms. The SMILES string of the molecule is COCCC1CN(C(=O)c2ccc(NC(C)=O)cc2C)CCO1. The standard InChI is InChI=1S/C17H24N2O4/c1-12-10-14(18-13(2)20)4-5-16(12)17(21)19-7-9-23-15(11-19)6-8-22-3/h4-5,10,15H,6-9,11H2,1-3H3,(H,18,20). The summed E-state index contributed by atoms with van der Waals surface area (Å²) in [5, 5.41) is 2.72. The Kier molecular flexibility index (Phi) is 6.12. The molecule has 0 aromatic heterocycles. The monoisotopic (exact) mass is 320 g/mol. The largest absolute Gasteiger partial charge is 0.385 e. The van der Waals surface area contributed by atoms with E-state index < -0.39 is 0 Å². The number of benzene rings is 1. The lowest BCUT2D eigenvalue weighted by Gasteiger charge is -2.33. The maximum Gasteiger partial charge on any atom is 0.254 e. The van der Waals surface area contributed by atoms with Gasteiger partial charge in [0.1, 0.15) is 0 Å². The summed E-state index contributed by atoms with van der Waals surface area (Å²) < 4.78 is 10.7. The van der Waals surface area contributed by atoms with Gasteiger partial charge < -0.3 is 19.7 Å². The molecular weight excluding hydrogens is 296 g/mol. The van der Waals surface area contributed by atoms with Crippen LogP contribution in [0.4, 0.5) is 5.69 Å². The second-order valence-electron chi connectivity index (χ2n) is 5.74. The first kappa shape index (κ1) is 17.4. The van der Waals surface area contributed by atoms with Gasteiger partial charge in [-0.2, -0.15) is 0 Å². The molecule has 1 aliphatic rings. The third kappa shape index (κ3) is 4.77. The third-order valence-electron chi connectivity index (χ3n) is 3.85. The lowest BCUT2D eigenvalue weighted by Crippen LogP contribution is -2.46. The number of carbonyl (C=O) groups excluding carboxylic acids is 2. The van der Waals surface area contributed by atoms with Crippen molar-refractivity contribution in [3.8, 4) is 0 Å². The zero-order chi connectivity index (χ0) is 16.8. The third-order valence-corrected chi connectivity index (χ3v) is 3.85. The second-order valence-corrected chi connectivity index (χ2v) is 5.74. The number of aryl methyl sites for hydroxylation is 1. The van der Waals surface area contributed by atoms with Crippen LogP contribution >= 0.6 is 0 Å². The number of methoxy groups -OCH3 is 1. The van der Waals surface area contributed by atoms with E-state index in [1.54, 1.807) is 19.2 Å². The fraction of sp³-hybridized carbons (Fsp3) is 0.529. The summed E-state index contributed by atoms with van der Waals surface area (Å²) in [7, 11) is 1.66. The molecule has 0 spiro atoms. The lowest BCUT2D eigenvalue weighted by atomic mass is 10.1. The predicted octanol–water partition coefficient (Wildman–Crippen LogP) is 1.83. The first-order valence-corrected chi connectivity index (χ1v) is 7.79. The Labute approximate surface area is 136 Å². The highest BCUT2D eigenvalue weighted by molar-refractivity contribution is 5.97. The van der Waals surface area contributed by atoms with Crippen LogP contribution < -0.4 is 5.32 Å². The fourth-order valence-corrected chi connectivity index (χ4v) is 2.68. The number of carbonyl (C=O) groups is 2. The molecule has 1 heterocycles. The first-order valence-electron chi connectivity index (χ1n) is 7.79. The molecule has 23 heavy (non-hydrogen) atoms. The van der Waals surface area contributed by atoms with E-state index >= 15 is 0 Å². The van der Waals surface area contributed by atoms with Gasteiger partial charge in [0, 0.05) is 45.0 Å². The van der Waals surface area contributed by atoms with E-state index in [1.807, 2.05) is 17.9 Å². The van der Waals surface area contributed by atoms with Gasteiger partial charge in [0.2, 0.25) is 5.91 Å². The molecule has 6 nitrogen and oxygen atoms in total. The zero-order valence-electron chi connectivity index (χ0n) is 13.9. The predicted molar refractivity (Wildman–Crippen MR) is 87.6 cm³/mol. The molecule has 0 bridgehead atoms. The summed E-state index contributed by atoms with van der Waals surface area (Å²) in [4.78, 5) is 25.7. The van der Waals surface area contributed by atoms with Crippen LogP contribution in [0, 0.1) is 6.92 Å². The molecule has 2 amide bonds. The first-order chi connectivity index (χ1) is 11.0. The van der Waals surface area contributed by atoms with Gasteiger partial charge in [-0.15, -0.1) is 0 Å². The summed E-state index contributed by atoms with van der Waals surface area (Å²) in [6, 6.07) is 5.34. The quantitative estimate of drug-likeness (QED) is 0.899. The van der Waals surface area contributed by atoms with Crippen molar-refractivity contribution >= 4 is 17.5 Å². The van der Waals surface area contributed by atoms with E-state index in [9.17, 15) is 9.59 Å². The Bertz CT molecular complexity index is 574. The van der Waals surface area contributed by atoms with Crippen molar-refractivity contribution in [2.24, 2.45) is 0 Å². The Morgan fingerprint density at radius 2 is 2.22 bits per heavy atom. The molecule has 1 aliphatic heterocycles. The molecule has 1 unspecified atom stereocenters. The van der Waals surface area contributed by atoms with Gasteiger partial charge in [-0.1, -0.05) is 0 Å². The van der Waals surface area contributed by atoms with Crippen molar-refractivity contribution in [2.45, 2.75) is 26.4 Å². The maximum atomic E-state index is 12.7. The van der Waals surface area contributed by atoms with Gasteiger partial charge in [-0.05, 0) is 37.1 Å². The highest BCUT2D eigenvalue weighted by Crippen LogP contribution is 2.19. The summed E-state index contributed by atoms with van der Waals surface area (Å²) in [6.07, 6.45) is 0.799.